The Morgan fingerprint density at radius 1 is 1.26 bits per heavy atom. The van der Waals surface area contributed by atoms with Crippen LogP contribution in [-0.2, 0) is 14.4 Å². The Kier molecular flexibility index (Phi) is 8.84. The van der Waals surface area contributed by atoms with E-state index in [1.54, 1.807) is 24.3 Å². The fourth-order valence-electron chi connectivity index (χ4n) is 2.89. The molecule has 8 nitrogen and oxygen atoms in total. The van der Waals surface area contributed by atoms with Crippen LogP contribution in [0.25, 0.3) is 11.1 Å². The van der Waals surface area contributed by atoms with Gasteiger partial charge in [0.1, 0.15) is 0 Å². The van der Waals surface area contributed by atoms with E-state index in [0.717, 1.165) is 11.1 Å². The second-order valence-electron chi connectivity index (χ2n) is 6.59. The van der Waals surface area contributed by atoms with Crippen molar-refractivity contribution in [2.75, 3.05) is 7.05 Å². The number of carbonyl (C=O) groups is 4. The predicted octanol–water partition coefficient (Wildman–Crippen LogP) is -1.52. The Labute approximate surface area is 209 Å². The molecule has 0 saturated heterocycles. The molecule has 0 bridgehead atoms. The molecular weight excluding hydrogens is 453 g/mol. The van der Waals surface area contributed by atoms with Crippen LogP contribution < -0.4 is 45.3 Å². The third-order valence-electron chi connectivity index (χ3n) is 4.41. The van der Waals surface area contributed by atoms with Gasteiger partial charge >= 0.3 is 35.6 Å². The van der Waals surface area contributed by atoms with E-state index in [2.05, 4.69) is 10.6 Å². The summed E-state index contributed by atoms with van der Waals surface area (Å²) >= 11 is 7.28. The maximum atomic E-state index is 12.4. The van der Waals surface area contributed by atoms with Crippen LogP contribution in [0.5, 0.6) is 0 Å². The van der Waals surface area contributed by atoms with E-state index in [0.29, 0.717) is 9.90 Å². The second kappa shape index (κ2) is 10.9. The molecular formula is C20H17ClN3NaO5S. The van der Waals surface area contributed by atoms with Crippen molar-refractivity contribution >= 4 is 46.6 Å². The zero-order chi connectivity index (χ0) is 21.8. The van der Waals surface area contributed by atoms with Gasteiger partial charge in [-0.2, -0.15) is 0 Å². The smallest absolute Gasteiger partial charge is 0.550 e. The van der Waals surface area contributed by atoms with Gasteiger partial charge in [-0.05, 0) is 34.7 Å². The number of aliphatic carboxylic acids is 1. The minimum absolute atomic E-state index is 0. The van der Waals surface area contributed by atoms with Crippen LogP contribution in [0.15, 0.2) is 48.0 Å². The number of likely N-dealkylation sites (N-methyl/N-ethyl adjacent to an activating group) is 1. The number of carboxylic acids is 1. The molecule has 3 rings (SSSR count). The van der Waals surface area contributed by atoms with Gasteiger partial charge in [0.15, 0.2) is 11.8 Å². The zero-order valence-corrected chi connectivity index (χ0v) is 20.3. The van der Waals surface area contributed by atoms with Gasteiger partial charge in [0.05, 0.1) is 6.04 Å². The third kappa shape index (κ3) is 6.41. The molecule has 1 aliphatic rings. The SMILES string of the molecule is CN1C=CC(=O)C(NC(=O)N[C@@H](CC(=O)[O-])c2cc(-c3cccc(Cl)c3)cs2)C1=O.[Na+]. The molecule has 1 aromatic heterocycles. The average molecular weight is 470 g/mol. The Bertz CT molecular complexity index is 1040. The van der Waals surface area contributed by atoms with E-state index in [9.17, 15) is 24.3 Å². The van der Waals surface area contributed by atoms with Crippen molar-refractivity contribution in [2.45, 2.75) is 18.5 Å². The number of thiophene rings is 1. The van der Waals surface area contributed by atoms with E-state index >= 15 is 0 Å². The van der Waals surface area contributed by atoms with Gasteiger partial charge in [-0.25, -0.2) is 4.79 Å². The molecule has 0 radical (unpaired) electrons. The summed E-state index contributed by atoms with van der Waals surface area (Å²) in [7, 11) is 1.46. The molecule has 0 spiro atoms. The molecule has 2 atom stereocenters. The summed E-state index contributed by atoms with van der Waals surface area (Å²) in [4.78, 5) is 49.4. The van der Waals surface area contributed by atoms with Gasteiger partial charge < -0.3 is 25.4 Å². The van der Waals surface area contributed by atoms with Gasteiger partial charge in [0.25, 0.3) is 5.91 Å². The van der Waals surface area contributed by atoms with Crippen LogP contribution in [0.3, 0.4) is 0 Å². The number of halogens is 1. The van der Waals surface area contributed by atoms with Crippen LogP contribution in [-0.4, -0.2) is 41.7 Å². The van der Waals surface area contributed by atoms with Gasteiger partial charge in [-0.1, -0.05) is 23.7 Å². The van der Waals surface area contributed by atoms with E-state index < -0.39 is 42.2 Å². The first-order chi connectivity index (χ1) is 14.2. The van der Waals surface area contributed by atoms with Crippen molar-refractivity contribution in [3.63, 3.8) is 0 Å². The molecule has 2 heterocycles. The molecule has 0 fully saturated rings. The summed E-state index contributed by atoms with van der Waals surface area (Å²) in [6.07, 6.45) is 2.01. The molecule has 1 aliphatic heterocycles. The quantitative estimate of drug-likeness (QED) is 0.393. The fraction of sp³-hybridized carbons (Fsp3) is 0.200. The molecule has 3 amide bonds. The Morgan fingerprint density at radius 3 is 2.68 bits per heavy atom. The molecule has 0 aliphatic carbocycles. The number of hydrogen-bond acceptors (Lipinski definition) is 6. The van der Waals surface area contributed by atoms with Gasteiger partial charge in [-0.3, -0.25) is 9.59 Å². The number of rotatable bonds is 6. The average Bonchev–Trinajstić information content (AvgIpc) is 3.18. The topological polar surface area (TPSA) is 119 Å². The fourth-order valence-corrected chi connectivity index (χ4v) is 4.05. The Balaban J connectivity index is 0.00000341. The summed E-state index contributed by atoms with van der Waals surface area (Å²) in [5, 5.41) is 18.4. The van der Waals surface area contributed by atoms with Crippen LogP contribution in [0.4, 0.5) is 4.79 Å². The van der Waals surface area contributed by atoms with E-state index in [1.807, 2.05) is 11.4 Å². The van der Waals surface area contributed by atoms with Crippen LogP contribution in [0, 0.1) is 0 Å². The molecule has 2 aromatic rings. The third-order valence-corrected chi connectivity index (χ3v) is 5.70. The second-order valence-corrected chi connectivity index (χ2v) is 7.97. The zero-order valence-electron chi connectivity index (χ0n) is 16.8. The van der Waals surface area contributed by atoms with E-state index in [-0.39, 0.29) is 29.6 Å². The first-order valence-electron chi connectivity index (χ1n) is 8.84. The van der Waals surface area contributed by atoms with E-state index in [4.69, 9.17) is 11.6 Å². The molecule has 156 valence electrons. The molecule has 31 heavy (non-hydrogen) atoms. The van der Waals surface area contributed by atoms with Crippen molar-refractivity contribution in [2.24, 2.45) is 0 Å². The van der Waals surface area contributed by atoms with Crippen molar-refractivity contribution < 1.29 is 53.8 Å². The van der Waals surface area contributed by atoms with Crippen LogP contribution >= 0.6 is 22.9 Å². The largest absolute Gasteiger partial charge is 1.00 e. The monoisotopic (exact) mass is 469 g/mol. The van der Waals surface area contributed by atoms with E-state index in [1.165, 1.54) is 35.6 Å². The number of nitrogens with zero attached hydrogens (tertiary/aromatic N) is 1. The summed E-state index contributed by atoms with van der Waals surface area (Å²) in [5.74, 6) is -2.51. The molecule has 2 N–H and O–H groups in total. The maximum Gasteiger partial charge on any atom is 1.00 e. The molecule has 1 unspecified atom stereocenters. The number of nitrogens with one attached hydrogen (secondary N) is 2. The Morgan fingerprint density at radius 2 is 2.00 bits per heavy atom. The minimum Gasteiger partial charge on any atom is -0.550 e. The number of carbonyl (C=O) groups excluding carboxylic acids is 4. The standard InChI is InChI=1S/C20H18ClN3O5S.Na/c1-24-6-5-15(25)18(19(24)28)23-20(29)22-14(9-17(26)27)16-8-12(10-30-16)11-3-2-4-13(21)7-11;/h2-8,10,14,18H,9H2,1H3,(H,26,27)(H2,22,23,29);/q;+1/p-1/t14-,18?;/m0./s1. The molecule has 0 saturated carbocycles. The summed E-state index contributed by atoms with van der Waals surface area (Å²) in [6.45, 7) is 0. The number of carboxylic acid groups (broad SMARTS) is 1. The van der Waals surface area contributed by atoms with Crippen LogP contribution in [0.2, 0.25) is 5.02 Å². The summed E-state index contributed by atoms with van der Waals surface area (Å²) in [6, 6.07) is 5.80. The number of amides is 3. The van der Waals surface area contributed by atoms with Gasteiger partial charge in [-0.15, -0.1) is 11.3 Å². The van der Waals surface area contributed by atoms with Crippen molar-refractivity contribution in [3.05, 3.63) is 57.9 Å². The Hall–Kier alpha value is -2.17. The van der Waals surface area contributed by atoms with Crippen molar-refractivity contribution in [1.82, 2.24) is 15.5 Å². The predicted molar refractivity (Wildman–Crippen MR) is 110 cm³/mol. The normalized spacial score (nSPS) is 16.5. The molecule has 1 aromatic carbocycles. The number of urea groups is 1. The van der Waals surface area contributed by atoms with Gasteiger partial charge in [0.2, 0.25) is 0 Å². The summed E-state index contributed by atoms with van der Waals surface area (Å²) in [5.41, 5.74) is 1.65. The number of benzene rings is 1. The number of ketones is 1. The van der Waals surface area contributed by atoms with Crippen LogP contribution in [0.1, 0.15) is 17.3 Å². The molecule has 11 heteroatoms. The first kappa shape index (κ1) is 25.1. The van der Waals surface area contributed by atoms with Gasteiger partial charge in [0, 0.05) is 41.6 Å². The maximum absolute atomic E-state index is 12.4. The summed E-state index contributed by atoms with van der Waals surface area (Å²) < 4.78 is 0. The minimum atomic E-state index is -1.37. The van der Waals surface area contributed by atoms with Crippen molar-refractivity contribution in [1.29, 1.82) is 0 Å². The van der Waals surface area contributed by atoms with Crippen molar-refractivity contribution in [3.8, 4) is 11.1 Å². The first-order valence-corrected chi connectivity index (χ1v) is 10.1. The number of hydrogen-bond donors (Lipinski definition) is 2.